The third-order valence-electron chi connectivity index (χ3n) is 6.07. The van der Waals surface area contributed by atoms with E-state index in [9.17, 15) is 19.8 Å². The summed E-state index contributed by atoms with van der Waals surface area (Å²) in [7, 11) is 0. The first kappa shape index (κ1) is 27.1. The minimum Gasteiger partial charge on any atom is -0.494 e. The van der Waals surface area contributed by atoms with E-state index in [0.29, 0.717) is 42.0 Å². The lowest BCUT2D eigenvalue weighted by Gasteiger charge is -2.19. The van der Waals surface area contributed by atoms with Crippen molar-refractivity contribution in [2.75, 3.05) is 18.9 Å². The molecule has 0 radical (unpaired) electrons. The quantitative estimate of drug-likeness (QED) is 0.266. The molecule has 2 heterocycles. The van der Waals surface area contributed by atoms with Gasteiger partial charge in [0.15, 0.2) is 11.5 Å². The zero-order valence-corrected chi connectivity index (χ0v) is 21.5. The van der Waals surface area contributed by atoms with Crippen molar-refractivity contribution >= 4 is 29.0 Å². The number of amides is 2. The topological polar surface area (TPSA) is 187 Å². The van der Waals surface area contributed by atoms with Crippen LogP contribution in [0.3, 0.4) is 0 Å². The number of ether oxygens (including phenoxy) is 2. The number of nitrogens with one attached hydrogen (secondary N) is 2. The molecule has 1 aliphatic carbocycles. The monoisotopic (exact) mass is 527 g/mol. The van der Waals surface area contributed by atoms with E-state index in [1.807, 2.05) is 0 Å². The van der Waals surface area contributed by atoms with E-state index >= 15 is 0 Å². The molecule has 13 heteroatoms. The van der Waals surface area contributed by atoms with Crippen molar-refractivity contribution in [3.8, 4) is 5.75 Å². The first-order valence-corrected chi connectivity index (χ1v) is 12.3. The predicted octanol–water partition coefficient (Wildman–Crippen LogP) is 1.17. The Morgan fingerprint density at radius 3 is 2.74 bits per heavy atom. The van der Waals surface area contributed by atoms with Gasteiger partial charge in [-0.3, -0.25) is 4.79 Å². The number of nitrogens with two attached hydrogens (primary N) is 1. The fourth-order valence-electron chi connectivity index (χ4n) is 4.29. The largest absolute Gasteiger partial charge is 0.494 e. The molecule has 0 bridgehead atoms. The van der Waals surface area contributed by atoms with Crippen LogP contribution in [0.25, 0.3) is 11.2 Å². The minimum absolute atomic E-state index is 0.216. The predicted molar refractivity (Wildman–Crippen MR) is 137 cm³/mol. The average molecular weight is 528 g/mol. The Bertz CT molecular complexity index is 1290. The number of fused-ring (bicyclic) bond motifs is 1. The first-order valence-electron chi connectivity index (χ1n) is 12.3. The van der Waals surface area contributed by atoms with Crippen LogP contribution in [0.4, 0.5) is 10.6 Å². The van der Waals surface area contributed by atoms with E-state index in [4.69, 9.17) is 15.2 Å². The minimum atomic E-state index is -1.20. The van der Waals surface area contributed by atoms with Crippen molar-refractivity contribution < 1.29 is 29.3 Å². The lowest BCUT2D eigenvalue weighted by molar-refractivity contribution is 0.0143. The Labute approximate surface area is 219 Å². The molecule has 38 heavy (non-hydrogen) atoms. The molecule has 4 rings (SSSR count). The fraction of sp³-hybridized carbons (Fsp3) is 0.480. The Kier molecular flexibility index (Phi) is 7.97. The summed E-state index contributed by atoms with van der Waals surface area (Å²) in [6.45, 7) is 6.08. The zero-order chi connectivity index (χ0) is 27.4. The fourth-order valence-corrected chi connectivity index (χ4v) is 4.29. The number of rotatable bonds is 8. The molecule has 0 unspecified atom stereocenters. The van der Waals surface area contributed by atoms with Crippen LogP contribution in [-0.4, -0.2) is 78.7 Å². The van der Waals surface area contributed by atoms with Crippen LogP contribution in [0.5, 0.6) is 5.75 Å². The van der Waals surface area contributed by atoms with Gasteiger partial charge >= 0.3 is 6.09 Å². The lowest BCUT2D eigenvalue weighted by atomic mass is 10.1. The van der Waals surface area contributed by atoms with Gasteiger partial charge in [0.2, 0.25) is 0 Å². The van der Waals surface area contributed by atoms with Gasteiger partial charge in [-0.25, -0.2) is 19.7 Å². The van der Waals surface area contributed by atoms with Gasteiger partial charge in [-0.2, -0.15) is 0 Å². The Hall–Kier alpha value is -3.97. The highest BCUT2D eigenvalue weighted by atomic mass is 16.6. The van der Waals surface area contributed by atoms with Gasteiger partial charge < -0.3 is 40.6 Å². The summed E-state index contributed by atoms with van der Waals surface area (Å²) in [6, 6.07) is 5.36. The van der Waals surface area contributed by atoms with Gasteiger partial charge in [-0.05, 0) is 51.8 Å². The number of hydrogen-bond donors (Lipinski definition) is 5. The van der Waals surface area contributed by atoms with Crippen LogP contribution in [0.2, 0.25) is 0 Å². The molecular weight excluding hydrogens is 494 g/mol. The Balaban J connectivity index is 1.31. The van der Waals surface area contributed by atoms with Crippen LogP contribution in [0.15, 0.2) is 36.9 Å². The molecule has 204 valence electrons. The van der Waals surface area contributed by atoms with E-state index in [2.05, 4.69) is 25.6 Å². The maximum Gasteiger partial charge on any atom is 0.407 e. The standard InChI is InChI=1S/C25H33N7O6/c1-25(2,3)38-24(36)27-8-5-9-37-15-7-4-6-14(10-15)23(35)31-16-11-17(20(34)19(16)33)32-13-30-18-21(26)28-12-29-22(18)32/h4,6-7,10,12-13,16-17,19-20,33-34H,5,8-9,11H2,1-3H3,(H,27,36)(H,31,35)(H2,26,28,29)/t16-,17+,19-,20+/m1/s1. The summed E-state index contributed by atoms with van der Waals surface area (Å²) in [5.41, 5.74) is 6.47. The molecule has 0 spiro atoms. The number of carbonyl (C=O) groups excluding carboxylic acids is 2. The molecule has 0 saturated heterocycles. The van der Waals surface area contributed by atoms with Crippen molar-refractivity contribution in [2.24, 2.45) is 0 Å². The van der Waals surface area contributed by atoms with Crippen molar-refractivity contribution in [3.63, 3.8) is 0 Å². The first-order chi connectivity index (χ1) is 18.0. The molecule has 1 aromatic carbocycles. The van der Waals surface area contributed by atoms with Crippen LogP contribution in [-0.2, 0) is 4.74 Å². The van der Waals surface area contributed by atoms with Crippen LogP contribution >= 0.6 is 0 Å². The molecule has 1 fully saturated rings. The second kappa shape index (κ2) is 11.2. The summed E-state index contributed by atoms with van der Waals surface area (Å²) in [4.78, 5) is 37.0. The van der Waals surface area contributed by atoms with E-state index in [1.54, 1.807) is 49.6 Å². The maximum absolute atomic E-state index is 12.9. The Morgan fingerprint density at radius 2 is 1.97 bits per heavy atom. The van der Waals surface area contributed by atoms with Gasteiger partial charge in [0.25, 0.3) is 5.91 Å². The molecule has 6 N–H and O–H groups in total. The number of nitrogen functional groups attached to an aromatic ring is 1. The Morgan fingerprint density at radius 1 is 1.18 bits per heavy atom. The second-order valence-electron chi connectivity index (χ2n) is 10.1. The molecule has 0 aliphatic heterocycles. The zero-order valence-electron chi connectivity index (χ0n) is 21.5. The SMILES string of the molecule is CC(C)(C)OC(=O)NCCCOc1cccc(C(=O)N[C@@H]2C[C@H](n3cnc4c(N)ncnc43)[C@H](O)[C@@H]2O)c1. The second-order valence-corrected chi connectivity index (χ2v) is 10.1. The van der Waals surface area contributed by atoms with Crippen LogP contribution < -0.4 is 21.1 Å². The summed E-state index contributed by atoms with van der Waals surface area (Å²) in [5, 5.41) is 26.8. The number of alkyl carbamates (subject to hydrolysis) is 1. The number of aliphatic hydroxyl groups excluding tert-OH is 2. The molecule has 1 saturated carbocycles. The summed E-state index contributed by atoms with van der Waals surface area (Å²) >= 11 is 0. The molecular formula is C25H33N7O6. The van der Waals surface area contributed by atoms with Crippen LogP contribution in [0.1, 0.15) is 50.0 Å². The van der Waals surface area contributed by atoms with Crippen molar-refractivity contribution in [1.29, 1.82) is 0 Å². The highest BCUT2D eigenvalue weighted by Crippen LogP contribution is 2.33. The molecule has 1 aliphatic rings. The van der Waals surface area contributed by atoms with Gasteiger partial charge in [-0.15, -0.1) is 0 Å². The van der Waals surface area contributed by atoms with Crippen molar-refractivity contribution in [2.45, 2.75) is 63.5 Å². The number of nitrogens with zero attached hydrogens (tertiary/aromatic N) is 4. The summed E-state index contributed by atoms with van der Waals surface area (Å²) in [6.07, 6.45) is 0.753. The van der Waals surface area contributed by atoms with E-state index in [0.717, 1.165) is 0 Å². The maximum atomic E-state index is 12.9. The van der Waals surface area contributed by atoms with Crippen LogP contribution in [0, 0.1) is 0 Å². The van der Waals surface area contributed by atoms with Crippen molar-refractivity contribution in [3.05, 3.63) is 42.5 Å². The molecule has 13 nitrogen and oxygen atoms in total. The van der Waals surface area contributed by atoms with Gasteiger partial charge in [0.05, 0.1) is 25.0 Å². The lowest BCUT2D eigenvalue weighted by Crippen LogP contribution is -2.43. The number of anilines is 1. The summed E-state index contributed by atoms with van der Waals surface area (Å²) in [5.74, 6) is 0.288. The number of carbonyl (C=O) groups is 2. The van der Waals surface area contributed by atoms with Gasteiger partial charge in [0.1, 0.15) is 35.4 Å². The summed E-state index contributed by atoms with van der Waals surface area (Å²) < 4.78 is 12.5. The van der Waals surface area contributed by atoms with E-state index < -0.39 is 41.9 Å². The highest BCUT2D eigenvalue weighted by Gasteiger charge is 2.43. The van der Waals surface area contributed by atoms with E-state index in [-0.39, 0.29) is 12.2 Å². The van der Waals surface area contributed by atoms with Gasteiger partial charge in [0, 0.05) is 12.1 Å². The smallest absolute Gasteiger partial charge is 0.407 e. The number of imidazole rings is 1. The third kappa shape index (κ3) is 6.29. The number of aliphatic hydroxyl groups is 2. The highest BCUT2D eigenvalue weighted by molar-refractivity contribution is 5.94. The third-order valence-corrected chi connectivity index (χ3v) is 6.07. The average Bonchev–Trinajstić information content (AvgIpc) is 3.40. The number of benzene rings is 1. The normalized spacial score (nSPS) is 21.3. The van der Waals surface area contributed by atoms with E-state index in [1.165, 1.54) is 12.7 Å². The molecule has 4 atom stereocenters. The molecule has 3 aromatic rings. The number of aromatic nitrogens is 4. The number of hydrogen-bond acceptors (Lipinski definition) is 10. The van der Waals surface area contributed by atoms with Gasteiger partial charge in [-0.1, -0.05) is 6.07 Å². The van der Waals surface area contributed by atoms with Crippen molar-refractivity contribution in [1.82, 2.24) is 30.2 Å². The molecule has 2 aromatic heterocycles. The molecule has 2 amide bonds.